The van der Waals surface area contributed by atoms with Crippen LogP contribution in [0.3, 0.4) is 0 Å². The SMILES string of the molecule is CC(C)N1CCN(c2ccc(C(=O)Nc3ccc(-c4n[nH]c(C5CC5)n4)cc3)cc2)CC1. The number of carbonyl (C=O) groups is 1. The quantitative estimate of drug-likeness (QED) is 0.615. The second kappa shape index (κ2) is 8.74. The number of benzene rings is 2. The van der Waals surface area contributed by atoms with Crippen molar-refractivity contribution in [3.63, 3.8) is 0 Å². The fourth-order valence-corrected chi connectivity index (χ4v) is 4.17. The Bertz CT molecular complexity index is 1060. The topological polar surface area (TPSA) is 77.1 Å². The Labute approximate surface area is 188 Å². The van der Waals surface area contributed by atoms with Gasteiger partial charge in [-0.3, -0.25) is 14.8 Å². The lowest BCUT2D eigenvalue weighted by Crippen LogP contribution is -2.48. The van der Waals surface area contributed by atoms with Gasteiger partial charge < -0.3 is 10.2 Å². The smallest absolute Gasteiger partial charge is 0.255 e. The minimum absolute atomic E-state index is 0.108. The molecule has 2 aliphatic rings. The lowest BCUT2D eigenvalue weighted by Gasteiger charge is -2.38. The van der Waals surface area contributed by atoms with Gasteiger partial charge in [0, 0.05) is 60.6 Å². The van der Waals surface area contributed by atoms with E-state index in [-0.39, 0.29) is 5.91 Å². The number of amides is 1. The van der Waals surface area contributed by atoms with Crippen molar-refractivity contribution in [3.05, 3.63) is 59.9 Å². The average Bonchev–Trinajstić information content (AvgIpc) is 3.56. The Kier molecular flexibility index (Phi) is 5.66. The van der Waals surface area contributed by atoms with Crippen molar-refractivity contribution in [1.29, 1.82) is 0 Å². The Morgan fingerprint density at radius 3 is 2.31 bits per heavy atom. The number of H-pyrrole nitrogens is 1. The molecule has 7 nitrogen and oxygen atoms in total. The van der Waals surface area contributed by atoms with Gasteiger partial charge in [-0.1, -0.05) is 0 Å². The molecule has 2 N–H and O–H groups in total. The van der Waals surface area contributed by atoms with E-state index in [1.807, 2.05) is 48.5 Å². The van der Waals surface area contributed by atoms with Crippen molar-refractivity contribution in [2.75, 3.05) is 36.4 Å². The fraction of sp³-hybridized carbons (Fsp3) is 0.400. The molecule has 1 amide bonds. The molecular weight excluding hydrogens is 400 g/mol. The summed E-state index contributed by atoms with van der Waals surface area (Å²) in [6.45, 7) is 8.68. The standard InChI is InChI=1S/C25H30N6O/c1-17(2)30-13-15-31(16-14-30)22-11-7-20(8-12-22)25(32)26-21-9-5-19(6-10-21)24-27-23(28-29-24)18-3-4-18/h5-12,17-18H,3-4,13-16H2,1-2H3,(H,26,32)(H,27,28,29). The molecule has 5 rings (SSSR count). The summed E-state index contributed by atoms with van der Waals surface area (Å²) in [4.78, 5) is 22.2. The van der Waals surface area contributed by atoms with E-state index in [9.17, 15) is 4.79 Å². The highest BCUT2D eigenvalue weighted by molar-refractivity contribution is 6.04. The fourth-order valence-electron chi connectivity index (χ4n) is 4.17. The molecule has 0 atom stereocenters. The number of hydrogen-bond acceptors (Lipinski definition) is 5. The molecule has 1 saturated heterocycles. The third-order valence-electron chi connectivity index (χ3n) is 6.41. The van der Waals surface area contributed by atoms with Gasteiger partial charge in [-0.05, 0) is 75.2 Å². The molecule has 1 saturated carbocycles. The first kappa shape index (κ1) is 20.7. The molecule has 0 radical (unpaired) electrons. The Hall–Kier alpha value is -3.19. The largest absolute Gasteiger partial charge is 0.369 e. The molecule has 2 heterocycles. The number of piperazine rings is 1. The van der Waals surface area contributed by atoms with Crippen LogP contribution < -0.4 is 10.2 Å². The number of nitrogens with one attached hydrogen (secondary N) is 2. The maximum Gasteiger partial charge on any atom is 0.255 e. The van der Waals surface area contributed by atoms with E-state index in [2.05, 4.69) is 44.1 Å². The summed E-state index contributed by atoms with van der Waals surface area (Å²) < 4.78 is 0. The van der Waals surface area contributed by atoms with Gasteiger partial charge in [0.2, 0.25) is 0 Å². The van der Waals surface area contributed by atoms with Crippen LogP contribution in [-0.2, 0) is 0 Å². The Morgan fingerprint density at radius 2 is 1.69 bits per heavy atom. The van der Waals surface area contributed by atoms with Gasteiger partial charge in [-0.15, -0.1) is 0 Å². The normalized spacial score (nSPS) is 17.0. The van der Waals surface area contributed by atoms with Gasteiger partial charge in [0.25, 0.3) is 5.91 Å². The van der Waals surface area contributed by atoms with Crippen LogP contribution in [0.4, 0.5) is 11.4 Å². The highest BCUT2D eigenvalue weighted by atomic mass is 16.1. The number of anilines is 2. The number of aromatic nitrogens is 3. The van der Waals surface area contributed by atoms with Crippen LogP contribution in [0, 0.1) is 0 Å². The van der Waals surface area contributed by atoms with Gasteiger partial charge in [0.05, 0.1) is 0 Å². The highest BCUT2D eigenvalue weighted by Gasteiger charge is 2.27. The summed E-state index contributed by atoms with van der Waals surface area (Å²) in [5.41, 5.74) is 3.52. The molecule has 1 aromatic heterocycles. The Morgan fingerprint density at radius 1 is 1.00 bits per heavy atom. The van der Waals surface area contributed by atoms with E-state index < -0.39 is 0 Å². The second-order valence-electron chi connectivity index (χ2n) is 9.01. The summed E-state index contributed by atoms with van der Waals surface area (Å²) in [7, 11) is 0. The van der Waals surface area contributed by atoms with Crippen LogP contribution in [0.25, 0.3) is 11.4 Å². The van der Waals surface area contributed by atoms with Crippen LogP contribution >= 0.6 is 0 Å². The van der Waals surface area contributed by atoms with Gasteiger partial charge in [-0.2, -0.15) is 5.10 Å². The van der Waals surface area contributed by atoms with Crippen molar-refractivity contribution in [2.24, 2.45) is 0 Å². The number of hydrogen-bond donors (Lipinski definition) is 2. The lowest BCUT2D eigenvalue weighted by molar-refractivity contribution is 0.102. The molecule has 1 aliphatic carbocycles. The van der Waals surface area contributed by atoms with E-state index in [1.54, 1.807) is 0 Å². The molecule has 32 heavy (non-hydrogen) atoms. The first-order valence-corrected chi connectivity index (χ1v) is 11.5. The summed E-state index contributed by atoms with van der Waals surface area (Å²) >= 11 is 0. The van der Waals surface area contributed by atoms with Crippen molar-refractivity contribution in [1.82, 2.24) is 20.1 Å². The van der Waals surface area contributed by atoms with Crippen LogP contribution in [0.2, 0.25) is 0 Å². The zero-order valence-electron chi connectivity index (χ0n) is 18.7. The summed E-state index contributed by atoms with van der Waals surface area (Å²) in [6, 6.07) is 16.2. The van der Waals surface area contributed by atoms with Crippen molar-refractivity contribution < 1.29 is 4.79 Å². The monoisotopic (exact) mass is 430 g/mol. The van der Waals surface area contributed by atoms with Crippen molar-refractivity contribution >= 4 is 17.3 Å². The predicted octanol–water partition coefficient (Wildman–Crippen LogP) is 4.13. The van der Waals surface area contributed by atoms with Gasteiger partial charge in [-0.25, -0.2) is 4.98 Å². The van der Waals surface area contributed by atoms with Crippen molar-refractivity contribution in [2.45, 2.75) is 38.6 Å². The molecule has 0 spiro atoms. The van der Waals surface area contributed by atoms with Gasteiger partial charge in [0.1, 0.15) is 5.82 Å². The van der Waals surface area contributed by atoms with Gasteiger partial charge >= 0.3 is 0 Å². The number of nitrogens with zero attached hydrogens (tertiary/aromatic N) is 4. The molecule has 1 aliphatic heterocycles. The first-order valence-electron chi connectivity index (χ1n) is 11.5. The first-order chi connectivity index (χ1) is 15.6. The van der Waals surface area contributed by atoms with Crippen LogP contribution in [0.1, 0.15) is 48.8 Å². The van der Waals surface area contributed by atoms with E-state index in [0.717, 1.165) is 43.3 Å². The molecule has 2 fully saturated rings. The van der Waals surface area contributed by atoms with E-state index in [0.29, 0.717) is 23.3 Å². The molecule has 0 bridgehead atoms. The molecule has 166 valence electrons. The highest BCUT2D eigenvalue weighted by Crippen LogP contribution is 2.38. The van der Waals surface area contributed by atoms with E-state index in [1.165, 1.54) is 18.5 Å². The minimum atomic E-state index is -0.108. The van der Waals surface area contributed by atoms with Crippen molar-refractivity contribution in [3.8, 4) is 11.4 Å². The summed E-state index contributed by atoms with van der Waals surface area (Å²) in [5.74, 6) is 2.12. The minimum Gasteiger partial charge on any atom is -0.369 e. The van der Waals surface area contributed by atoms with E-state index in [4.69, 9.17) is 0 Å². The zero-order valence-corrected chi connectivity index (χ0v) is 18.7. The predicted molar refractivity (Wildman–Crippen MR) is 127 cm³/mol. The zero-order chi connectivity index (χ0) is 22.1. The molecular formula is C25H30N6O. The summed E-state index contributed by atoms with van der Waals surface area (Å²) in [6.07, 6.45) is 2.38. The molecule has 0 unspecified atom stereocenters. The van der Waals surface area contributed by atoms with Gasteiger partial charge in [0.15, 0.2) is 5.82 Å². The maximum absolute atomic E-state index is 12.7. The van der Waals surface area contributed by atoms with Crippen LogP contribution in [0.5, 0.6) is 0 Å². The maximum atomic E-state index is 12.7. The molecule has 3 aromatic rings. The number of aromatic amines is 1. The average molecular weight is 431 g/mol. The van der Waals surface area contributed by atoms with Crippen LogP contribution in [0.15, 0.2) is 48.5 Å². The number of rotatable bonds is 6. The second-order valence-corrected chi connectivity index (χ2v) is 9.01. The summed E-state index contributed by atoms with van der Waals surface area (Å²) in [5, 5.41) is 10.3. The Balaban J connectivity index is 1.18. The van der Waals surface area contributed by atoms with E-state index >= 15 is 0 Å². The molecule has 2 aromatic carbocycles. The van der Waals surface area contributed by atoms with Crippen LogP contribution in [-0.4, -0.2) is 58.2 Å². The third kappa shape index (κ3) is 4.53. The molecule has 7 heteroatoms. The number of carbonyl (C=O) groups excluding carboxylic acids is 1. The lowest BCUT2D eigenvalue weighted by atomic mass is 10.1. The third-order valence-corrected chi connectivity index (χ3v) is 6.41.